The van der Waals surface area contributed by atoms with Gasteiger partial charge in [0.25, 0.3) is 5.91 Å². The monoisotopic (exact) mass is 440 g/mol. The van der Waals surface area contributed by atoms with Gasteiger partial charge >= 0.3 is 0 Å². The first-order chi connectivity index (χ1) is 15.2. The standard InChI is InChI=1S/C24H32N4O2S/c1-30-22-8-6-21(7-9-22)27-13-15-28(16-14-27)24(29)20-5-10-23(25-19-20)31-18-17-26-11-3-2-4-12-26/h5-10,19H,2-4,11-18H2,1H3. The van der Waals surface area contributed by atoms with Crippen molar-refractivity contribution in [1.29, 1.82) is 0 Å². The Morgan fingerprint density at radius 1 is 0.968 bits per heavy atom. The Labute approximate surface area is 189 Å². The van der Waals surface area contributed by atoms with Crippen LogP contribution in [-0.2, 0) is 0 Å². The van der Waals surface area contributed by atoms with Crippen molar-refractivity contribution in [2.24, 2.45) is 0 Å². The molecule has 2 aliphatic heterocycles. The van der Waals surface area contributed by atoms with Crippen molar-refractivity contribution in [2.45, 2.75) is 24.3 Å². The maximum atomic E-state index is 12.9. The number of hydrogen-bond acceptors (Lipinski definition) is 6. The largest absolute Gasteiger partial charge is 0.497 e. The maximum absolute atomic E-state index is 12.9. The van der Waals surface area contributed by atoms with E-state index in [-0.39, 0.29) is 5.91 Å². The number of benzene rings is 1. The minimum Gasteiger partial charge on any atom is -0.497 e. The van der Waals surface area contributed by atoms with Crippen molar-refractivity contribution in [1.82, 2.24) is 14.8 Å². The van der Waals surface area contributed by atoms with Gasteiger partial charge in [-0.25, -0.2) is 4.98 Å². The number of carbonyl (C=O) groups is 1. The lowest BCUT2D eigenvalue weighted by Crippen LogP contribution is -2.48. The number of aromatic nitrogens is 1. The lowest BCUT2D eigenvalue weighted by molar-refractivity contribution is 0.0746. The Hall–Kier alpha value is -2.25. The highest BCUT2D eigenvalue weighted by molar-refractivity contribution is 7.99. The van der Waals surface area contributed by atoms with Crippen molar-refractivity contribution >= 4 is 23.4 Å². The Bertz CT molecular complexity index is 830. The summed E-state index contributed by atoms with van der Waals surface area (Å²) in [5.41, 5.74) is 1.85. The van der Waals surface area contributed by atoms with Gasteiger partial charge in [-0.2, -0.15) is 0 Å². The predicted octanol–water partition coefficient (Wildman–Crippen LogP) is 3.63. The Morgan fingerprint density at radius 3 is 2.35 bits per heavy atom. The number of piperazine rings is 1. The molecule has 3 heterocycles. The van der Waals surface area contributed by atoms with E-state index in [0.29, 0.717) is 5.56 Å². The maximum Gasteiger partial charge on any atom is 0.255 e. The van der Waals surface area contributed by atoms with Crippen LogP contribution in [0.25, 0.3) is 0 Å². The van der Waals surface area contributed by atoms with E-state index in [1.165, 1.54) is 38.0 Å². The van der Waals surface area contributed by atoms with Crippen LogP contribution < -0.4 is 9.64 Å². The molecule has 2 saturated heterocycles. The highest BCUT2D eigenvalue weighted by Gasteiger charge is 2.22. The zero-order chi connectivity index (χ0) is 21.5. The number of piperidine rings is 1. The molecule has 1 aromatic carbocycles. The summed E-state index contributed by atoms with van der Waals surface area (Å²) in [4.78, 5) is 24.2. The summed E-state index contributed by atoms with van der Waals surface area (Å²) in [5, 5.41) is 0.998. The second-order valence-electron chi connectivity index (χ2n) is 8.11. The predicted molar refractivity (Wildman–Crippen MR) is 126 cm³/mol. The van der Waals surface area contributed by atoms with Gasteiger partial charge < -0.3 is 19.4 Å². The van der Waals surface area contributed by atoms with Crippen LogP contribution >= 0.6 is 11.8 Å². The summed E-state index contributed by atoms with van der Waals surface area (Å²) in [6.07, 6.45) is 5.76. The minimum absolute atomic E-state index is 0.0757. The third kappa shape index (κ3) is 5.92. The summed E-state index contributed by atoms with van der Waals surface area (Å²) >= 11 is 1.78. The summed E-state index contributed by atoms with van der Waals surface area (Å²) in [6, 6.07) is 12.0. The van der Waals surface area contributed by atoms with Crippen molar-refractivity contribution in [3.63, 3.8) is 0 Å². The van der Waals surface area contributed by atoms with Gasteiger partial charge in [-0.1, -0.05) is 6.42 Å². The molecule has 0 aliphatic carbocycles. The average molecular weight is 441 g/mol. The van der Waals surface area contributed by atoms with E-state index in [2.05, 4.69) is 26.9 Å². The lowest BCUT2D eigenvalue weighted by atomic mass is 10.1. The van der Waals surface area contributed by atoms with E-state index >= 15 is 0 Å². The molecule has 166 valence electrons. The Morgan fingerprint density at radius 2 is 1.71 bits per heavy atom. The van der Waals surface area contributed by atoms with Crippen LogP contribution in [-0.4, -0.2) is 79.4 Å². The average Bonchev–Trinajstić information content (AvgIpc) is 2.85. The molecule has 0 spiro atoms. The van der Waals surface area contributed by atoms with Crippen molar-refractivity contribution in [3.05, 3.63) is 48.2 Å². The number of pyridine rings is 1. The first-order valence-corrected chi connectivity index (χ1v) is 12.2. The molecule has 2 fully saturated rings. The number of carbonyl (C=O) groups excluding carboxylic acids is 1. The quantitative estimate of drug-likeness (QED) is 0.613. The molecule has 0 radical (unpaired) electrons. The molecule has 0 unspecified atom stereocenters. The molecule has 1 aromatic heterocycles. The fourth-order valence-corrected chi connectivity index (χ4v) is 5.05. The van der Waals surface area contributed by atoms with Crippen LogP contribution in [0.3, 0.4) is 0 Å². The topological polar surface area (TPSA) is 48.9 Å². The van der Waals surface area contributed by atoms with Crippen LogP contribution in [0.2, 0.25) is 0 Å². The van der Waals surface area contributed by atoms with Crippen molar-refractivity contribution in [2.75, 3.05) is 63.6 Å². The molecular weight excluding hydrogens is 408 g/mol. The van der Waals surface area contributed by atoms with Crippen LogP contribution in [0.15, 0.2) is 47.6 Å². The van der Waals surface area contributed by atoms with Crippen LogP contribution in [0.4, 0.5) is 5.69 Å². The summed E-state index contributed by atoms with van der Waals surface area (Å²) in [7, 11) is 1.68. The number of amides is 1. The van der Waals surface area contributed by atoms with Gasteiger partial charge in [0.15, 0.2) is 0 Å². The number of thioether (sulfide) groups is 1. The third-order valence-electron chi connectivity index (χ3n) is 6.09. The highest BCUT2D eigenvalue weighted by Crippen LogP contribution is 2.22. The number of hydrogen-bond donors (Lipinski definition) is 0. The third-order valence-corrected chi connectivity index (χ3v) is 7.02. The van der Waals surface area contributed by atoms with Crippen LogP contribution in [0, 0.1) is 0 Å². The zero-order valence-electron chi connectivity index (χ0n) is 18.3. The normalized spacial score (nSPS) is 17.6. The SMILES string of the molecule is COc1ccc(N2CCN(C(=O)c3ccc(SCCN4CCCCC4)nc3)CC2)cc1. The molecule has 7 heteroatoms. The van der Waals surface area contributed by atoms with Gasteiger partial charge in [0.05, 0.1) is 17.7 Å². The van der Waals surface area contributed by atoms with Gasteiger partial charge in [-0.15, -0.1) is 11.8 Å². The van der Waals surface area contributed by atoms with E-state index < -0.39 is 0 Å². The fourth-order valence-electron chi connectivity index (χ4n) is 4.20. The first kappa shape index (κ1) is 22.0. The Balaban J connectivity index is 1.23. The molecule has 0 saturated carbocycles. The molecule has 2 aromatic rings. The van der Waals surface area contributed by atoms with Gasteiger partial charge in [0, 0.05) is 50.4 Å². The van der Waals surface area contributed by atoms with Gasteiger partial charge in [0.2, 0.25) is 0 Å². The number of ether oxygens (including phenoxy) is 1. The number of nitrogens with zero attached hydrogens (tertiary/aromatic N) is 4. The van der Waals surface area contributed by atoms with E-state index in [0.717, 1.165) is 49.3 Å². The van der Waals surface area contributed by atoms with E-state index in [1.807, 2.05) is 29.2 Å². The molecule has 0 bridgehead atoms. The zero-order valence-corrected chi connectivity index (χ0v) is 19.1. The highest BCUT2D eigenvalue weighted by atomic mass is 32.2. The minimum atomic E-state index is 0.0757. The fraction of sp³-hybridized carbons (Fsp3) is 0.500. The number of anilines is 1. The molecule has 4 rings (SSSR count). The molecule has 2 aliphatic rings. The van der Waals surface area contributed by atoms with Gasteiger partial charge in [0.1, 0.15) is 5.75 Å². The van der Waals surface area contributed by atoms with Crippen molar-refractivity contribution in [3.8, 4) is 5.75 Å². The second kappa shape index (κ2) is 10.9. The summed E-state index contributed by atoms with van der Waals surface area (Å²) in [6.45, 7) is 6.67. The molecular formula is C24H32N4O2S. The Kier molecular flexibility index (Phi) is 7.70. The number of rotatable bonds is 7. The first-order valence-electron chi connectivity index (χ1n) is 11.2. The lowest BCUT2D eigenvalue weighted by Gasteiger charge is -2.36. The van der Waals surface area contributed by atoms with E-state index in [9.17, 15) is 4.79 Å². The summed E-state index contributed by atoms with van der Waals surface area (Å²) in [5.74, 6) is 1.98. The molecule has 0 atom stereocenters. The van der Waals surface area contributed by atoms with Crippen molar-refractivity contribution < 1.29 is 9.53 Å². The molecule has 1 amide bonds. The second-order valence-corrected chi connectivity index (χ2v) is 9.23. The number of likely N-dealkylation sites (tertiary alicyclic amines) is 1. The van der Waals surface area contributed by atoms with Crippen LogP contribution in [0.5, 0.6) is 5.75 Å². The smallest absolute Gasteiger partial charge is 0.255 e. The molecule has 0 N–H and O–H groups in total. The molecule has 6 nitrogen and oxygen atoms in total. The number of methoxy groups -OCH3 is 1. The van der Waals surface area contributed by atoms with E-state index in [4.69, 9.17) is 4.74 Å². The van der Waals surface area contributed by atoms with Gasteiger partial charge in [-0.05, 0) is 62.3 Å². The van der Waals surface area contributed by atoms with Crippen LogP contribution in [0.1, 0.15) is 29.6 Å². The molecule has 31 heavy (non-hydrogen) atoms. The summed E-state index contributed by atoms with van der Waals surface area (Å²) < 4.78 is 5.23. The van der Waals surface area contributed by atoms with E-state index in [1.54, 1.807) is 25.1 Å². The van der Waals surface area contributed by atoms with Gasteiger partial charge in [-0.3, -0.25) is 4.79 Å².